The van der Waals surface area contributed by atoms with Crippen LogP contribution in [0.5, 0.6) is 0 Å². The third-order valence-corrected chi connectivity index (χ3v) is 3.30. The highest BCUT2D eigenvalue weighted by Crippen LogP contribution is 2.52. The Bertz CT molecular complexity index is 244. The van der Waals surface area contributed by atoms with Gasteiger partial charge in [-0.25, -0.2) is 4.57 Å². The zero-order valence-electron chi connectivity index (χ0n) is 8.36. The van der Waals surface area contributed by atoms with E-state index in [-0.39, 0.29) is 12.7 Å². The molecular weight excluding hydrogens is 230 g/mol. The maximum absolute atomic E-state index is 11.1. The van der Waals surface area contributed by atoms with Gasteiger partial charge < -0.3 is 14.0 Å². The minimum Gasteiger partial charge on any atom is -0.348 e. The quantitative estimate of drug-likeness (QED) is 0.709. The number of rotatable bonds is 4. The van der Waals surface area contributed by atoms with Gasteiger partial charge in [0, 0.05) is 18.4 Å². The first-order chi connectivity index (χ1) is 6.35. The molecule has 1 rings (SSSR count). The second-order valence-corrected chi connectivity index (χ2v) is 6.09. The molecule has 1 aliphatic heterocycles. The molecule has 0 aromatic rings. The van der Waals surface area contributed by atoms with Crippen LogP contribution in [0.1, 0.15) is 13.8 Å². The third kappa shape index (κ3) is 3.85. The van der Waals surface area contributed by atoms with Gasteiger partial charge in [-0.15, -0.1) is 0 Å². The molecule has 0 unspecified atom stereocenters. The molecule has 0 aromatic carbocycles. The van der Waals surface area contributed by atoms with Gasteiger partial charge in [0.1, 0.15) is 6.10 Å². The average molecular weight is 245 g/mol. The minimum absolute atomic E-state index is 0.0953. The van der Waals surface area contributed by atoms with Crippen LogP contribution in [0, 0.1) is 0 Å². The van der Waals surface area contributed by atoms with E-state index < -0.39 is 12.7 Å². The highest BCUT2D eigenvalue weighted by molar-refractivity contribution is 7.81. The Hall–Kier alpha value is 0.360. The fourth-order valence-corrected chi connectivity index (χ4v) is 1.69. The van der Waals surface area contributed by atoms with E-state index in [1.54, 1.807) is 13.8 Å². The molecule has 0 amide bonds. The predicted molar refractivity (Wildman–Crippen MR) is 51.3 cm³/mol. The third-order valence-electron chi connectivity index (χ3n) is 1.70. The molecule has 0 bridgehead atoms. The first kappa shape index (κ1) is 12.4. The Balaban J connectivity index is 2.31. The molecule has 0 N–H and O–H groups in total. The maximum atomic E-state index is 11.1. The summed E-state index contributed by atoms with van der Waals surface area (Å²) < 4.78 is 31.1. The standard InChI is InChI=1S/C7H14ClO5P/c1-7(2)11-4-6(13-7)5-12-14(8,9)10-3/h6H,4-5H2,1-3H3/t6-,14+/m1/s1. The Kier molecular flexibility index (Phi) is 3.97. The zero-order chi connectivity index (χ0) is 10.8. The van der Waals surface area contributed by atoms with Crippen LogP contribution in [0.25, 0.3) is 0 Å². The Morgan fingerprint density at radius 2 is 2.29 bits per heavy atom. The zero-order valence-corrected chi connectivity index (χ0v) is 10.0. The van der Waals surface area contributed by atoms with E-state index in [1.807, 2.05) is 0 Å². The van der Waals surface area contributed by atoms with Crippen molar-refractivity contribution in [3.05, 3.63) is 0 Å². The van der Waals surface area contributed by atoms with Gasteiger partial charge in [0.2, 0.25) is 0 Å². The topological polar surface area (TPSA) is 54.0 Å². The lowest BCUT2D eigenvalue weighted by atomic mass is 10.4. The summed E-state index contributed by atoms with van der Waals surface area (Å²) in [4.78, 5) is 0. The average Bonchev–Trinajstić information content (AvgIpc) is 2.43. The van der Waals surface area contributed by atoms with Crippen molar-refractivity contribution in [1.29, 1.82) is 0 Å². The number of hydrogen-bond donors (Lipinski definition) is 0. The summed E-state index contributed by atoms with van der Waals surface area (Å²) in [6.07, 6.45) is -0.257. The summed E-state index contributed by atoms with van der Waals surface area (Å²) in [6.45, 7) is 0.651. The SMILES string of the molecule is CO[P@@](=O)(Cl)OC[C@H]1COC(C)(C)O1. The Labute approximate surface area is 87.9 Å². The molecule has 1 heterocycles. The molecule has 5 nitrogen and oxygen atoms in total. The van der Waals surface area contributed by atoms with Crippen LogP contribution in [0.15, 0.2) is 0 Å². The maximum Gasteiger partial charge on any atom is 0.424 e. The lowest BCUT2D eigenvalue weighted by Gasteiger charge is -2.17. The summed E-state index contributed by atoms with van der Waals surface area (Å²) in [6, 6.07) is 0. The molecule has 1 fully saturated rings. The fraction of sp³-hybridized carbons (Fsp3) is 1.00. The normalized spacial score (nSPS) is 30.1. The molecule has 0 spiro atoms. The predicted octanol–water partition coefficient (Wildman–Crippen LogP) is 2.15. The van der Waals surface area contributed by atoms with E-state index in [2.05, 4.69) is 4.52 Å². The second-order valence-electron chi connectivity index (χ2n) is 3.36. The fourth-order valence-electron chi connectivity index (χ4n) is 1.07. The van der Waals surface area contributed by atoms with Crippen LogP contribution in [0.3, 0.4) is 0 Å². The number of hydrogen-bond acceptors (Lipinski definition) is 5. The summed E-state index contributed by atoms with van der Waals surface area (Å²) in [5.74, 6) is -0.614. The van der Waals surface area contributed by atoms with Gasteiger partial charge in [-0.2, -0.15) is 0 Å². The van der Waals surface area contributed by atoms with Crippen LogP contribution in [-0.4, -0.2) is 32.2 Å². The van der Waals surface area contributed by atoms with Gasteiger partial charge in [0.15, 0.2) is 5.79 Å². The van der Waals surface area contributed by atoms with Crippen LogP contribution < -0.4 is 0 Å². The number of halogens is 1. The first-order valence-electron chi connectivity index (χ1n) is 4.16. The summed E-state index contributed by atoms with van der Waals surface area (Å²) in [7, 11) is 1.23. The van der Waals surface area contributed by atoms with Crippen molar-refractivity contribution in [2.75, 3.05) is 20.3 Å². The smallest absolute Gasteiger partial charge is 0.348 e. The lowest BCUT2D eigenvalue weighted by Crippen LogP contribution is -2.23. The van der Waals surface area contributed by atoms with E-state index in [9.17, 15) is 4.57 Å². The summed E-state index contributed by atoms with van der Waals surface area (Å²) in [5.41, 5.74) is 0. The van der Waals surface area contributed by atoms with Crippen molar-refractivity contribution in [3.63, 3.8) is 0 Å². The molecule has 14 heavy (non-hydrogen) atoms. The molecule has 0 aliphatic carbocycles. The molecule has 1 aliphatic rings. The minimum atomic E-state index is -3.43. The van der Waals surface area contributed by atoms with Gasteiger partial charge in [0.05, 0.1) is 13.2 Å². The second kappa shape index (κ2) is 4.47. The molecule has 0 saturated carbocycles. The van der Waals surface area contributed by atoms with Gasteiger partial charge in [-0.3, -0.25) is 4.52 Å². The van der Waals surface area contributed by atoms with E-state index in [1.165, 1.54) is 7.11 Å². The van der Waals surface area contributed by atoms with E-state index in [0.717, 1.165) is 0 Å². The molecule has 0 aromatic heterocycles. The van der Waals surface area contributed by atoms with Gasteiger partial charge in [-0.1, -0.05) is 0 Å². The highest BCUT2D eigenvalue weighted by Gasteiger charge is 2.34. The molecule has 84 valence electrons. The van der Waals surface area contributed by atoms with E-state index >= 15 is 0 Å². The van der Waals surface area contributed by atoms with Crippen molar-refractivity contribution in [2.24, 2.45) is 0 Å². The Morgan fingerprint density at radius 1 is 1.64 bits per heavy atom. The lowest BCUT2D eigenvalue weighted by molar-refractivity contribution is -0.141. The van der Waals surface area contributed by atoms with Crippen LogP contribution in [0.2, 0.25) is 0 Å². The van der Waals surface area contributed by atoms with Crippen LogP contribution in [0.4, 0.5) is 0 Å². The molecule has 0 radical (unpaired) electrons. The van der Waals surface area contributed by atoms with Crippen molar-refractivity contribution < 1.29 is 23.1 Å². The largest absolute Gasteiger partial charge is 0.424 e. The Morgan fingerprint density at radius 3 is 2.71 bits per heavy atom. The van der Waals surface area contributed by atoms with Crippen molar-refractivity contribution in [1.82, 2.24) is 0 Å². The van der Waals surface area contributed by atoms with Crippen LogP contribution >= 0.6 is 18.2 Å². The van der Waals surface area contributed by atoms with Gasteiger partial charge in [0.25, 0.3) is 0 Å². The number of ether oxygens (including phenoxy) is 2. The monoisotopic (exact) mass is 244 g/mol. The molecule has 1 saturated heterocycles. The van der Waals surface area contributed by atoms with E-state index in [4.69, 9.17) is 25.2 Å². The van der Waals surface area contributed by atoms with Gasteiger partial charge >= 0.3 is 6.95 Å². The van der Waals surface area contributed by atoms with Crippen molar-refractivity contribution in [2.45, 2.75) is 25.7 Å². The van der Waals surface area contributed by atoms with Crippen molar-refractivity contribution >= 4 is 18.2 Å². The van der Waals surface area contributed by atoms with Crippen molar-refractivity contribution in [3.8, 4) is 0 Å². The van der Waals surface area contributed by atoms with Crippen LogP contribution in [-0.2, 0) is 23.1 Å². The van der Waals surface area contributed by atoms with Gasteiger partial charge in [-0.05, 0) is 13.8 Å². The molecular formula is C7H14ClO5P. The first-order valence-corrected chi connectivity index (χ1v) is 6.61. The molecule has 7 heteroatoms. The summed E-state index contributed by atoms with van der Waals surface area (Å²) in [5, 5.41) is 0. The summed E-state index contributed by atoms with van der Waals surface area (Å²) >= 11 is 5.38. The molecule has 2 atom stereocenters. The van der Waals surface area contributed by atoms with E-state index in [0.29, 0.717) is 6.61 Å². The highest BCUT2D eigenvalue weighted by atomic mass is 35.7.